The molecule has 2 heteroatoms. The van der Waals surface area contributed by atoms with Crippen LogP contribution in [-0.4, -0.2) is 16.3 Å². The van der Waals surface area contributed by atoms with Gasteiger partial charge < -0.3 is 0 Å². The smallest absolute Gasteiger partial charge is 0.148 e. The number of Topliss-reactive ketones (excluding diaryl/α,β-unsaturated/α-hetero) is 1. The minimum absolute atomic E-state index is 0.0926. The van der Waals surface area contributed by atoms with Crippen LogP contribution < -0.4 is 0 Å². The molecule has 1 heterocycles. The van der Waals surface area contributed by atoms with Gasteiger partial charge in [0.15, 0.2) is 0 Å². The van der Waals surface area contributed by atoms with E-state index in [1.165, 1.54) is 17.5 Å². The number of carbonyl (C=O) groups is 1. The molecule has 0 aliphatic carbocycles. The molecule has 1 fully saturated rings. The molecule has 2 rings (SSSR count). The number of ketones is 1. The summed E-state index contributed by atoms with van der Waals surface area (Å²) in [6.07, 6.45) is 3.82. The lowest BCUT2D eigenvalue weighted by Gasteiger charge is -2.20. The summed E-state index contributed by atoms with van der Waals surface area (Å²) < 4.78 is -0.0926. The second kappa shape index (κ2) is 5.26. The van der Waals surface area contributed by atoms with Gasteiger partial charge >= 0.3 is 0 Å². The van der Waals surface area contributed by atoms with E-state index in [-0.39, 0.29) is 4.75 Å². The molecule has 0 saturated carbocycles. The van der Waals surface area contributed by atoms with Gasteiger partial charge in [0.2, 0.25) is 0 Å². The quantitative estimate of drug-likeness (QED) is 0.806. The molecule has 1 aromatic rings. The highest BCUT2D eigenvalue weighted by atomic mass is 32.2. The number of thioether (sulfide) groups is 1. The molecule has 1 unspecified atom stereocenters. The molecule has 0 spiro atoms. The summed E-state index contributed by atoms with van der Waals surface area (Å²) in [5.41, 5.74) is 2.55. The van der Waals surface area contributed by atoms with Crippen molar-refractivity contribution in [1.29, 1.82) is 0 Å². The van der Waals surface area contributed by atoms with Gasteiger partial charge in [0.05, 0.1) is 4.75 Å². The van der Waals surface area contributed by atoms with E-state index in [0.29, 0.717) is 12.2 Å². The molecule has 1 aliphatic heterocycles. The Morgan fingerprint density at radius 2 is 2.06 bits per heavy atom. The van der Waals surface area contributed by atoms with Gasteiger partial charge in [-0.2, -0.15) is 0 Å². The molecule has 0 amide bonds. The lowest BCUT2D eigenvalue weighted by atomic mass is 9.95. The zero-order valence-electron chi connectivity index (χ0n) is 10.7. The second-order valence-electron chi connectivity index (χ2n) is 5.09. The van der Waals surface area contributed by atoms with Crippen molar-refractivity contribution in [3.8, 4) is 0 Å². The normalized spacial score (nSPS) is 23.9. The van der Waals surface area contributed by atoms with Crippen LogP contribution in [0, 0.1) is 6.92 Å². The van der Waals surface area contributed by atoms with E-state index in [9.17, 15) is 4.79 Å². The fraction of sp³-hybridized carbons (Fsp3) is 0.533. The molecule has 1 saturated heterocycles. The van der Waals surface area contributed by atoms with Crippen LogP contribution >= 0.6 is 11.8 Å². The van der Waals surface area contributed by atoms with Crippen molar-refractivity contribution >= 4 is 17.5 Å². The van der Waals surface area contributed by atoms with E-state index in [1.807, 2.05) is 11.8 Å². The Kier molecular flexibility index (Phi) is 3.93. The van der Waals surface area contributed by atoms with E-state index in [4.69, 9.17) is 0 Å². The summed E-state index contributed by atoms with van der Waals surface area (Å²) in [4.78, 5) is 12.2. The highest BCUT2D eigenvalue weighted by Gasteiger charge is 2.36. The number of carbonyl (C=O) groups excluding carboxylic acids is 1. The third-order valence-electron chi connectivity index (χ3n) is 3.57. The van der Waals surface area contributed by atoms with E-state index in [1.54, 1.807) is 0 Å². The molecular formula is C15H20OS. The summed E-state index contributed by atoms with van der Waals surface area (Å²) in [6, 6.07) is 8.50. The standard InChI is InChI=1S/C15H20OS/c1-12-4-6-13(7-5-12)8-9-14(16)15(2)10-3-11-17-15/h4-7H,3,8-11H2,1-2H3. The second-order valence-corrected chi connectivity index (χ2v) is 6.69. The molecule has 1 aliphatic rings. The van der Waals surface area contributed by atoms with Crippen LogP contribution in [0.3, 0.4) is 0 Å². The molecule has 0 aromatic heterocycles. The molecular weight excluding hydrogens is 228 g/mol. The first-order valence-electron chi connectivity index (χ1n) is 6.33. The first-order valence-corrected chi connectivity index (χ1v) is 7.31. The Labute approximate surface area is 108 Å². The number of benzene rings is 1. The molecule has 1 atom stereocenters. The molecule has 1 nitrogen and oxygen atoms in total. The molecule has 0 bridgehead atoms. The maximum Gasteiger partial charge on any atom is 0.148 e. The third kappa shape index (κ3) is 3.12. The highest BCUT2D eigenvalue weighted by molar-refractivity contribution is 8.01. The van der Waals surface area contributed by atoms with Crippen LogP contribution in [0.25, 0.3) is 0 Å². The van der Waals surface area contributed by atoms with Gasteiger partial charge in [-0.05, 0) is 44.4 Å². The lowest BCUT2D eigenvalue weighted by molar-refractivity contribution is -0.121. The monoisotopic (exact) mass is 248 g/mol. The number of hydrogen-bond acceptors (Lipinski definition) is 2. The van der Waals surface area contributed by atoms with Crippen molar-refractivity contribution in [2.24, 2.45) is 0 Å². The summed E-state index contributed by atoms with van der Waals surface area (Å²) in [5, 5.41) is 0. The zero-order chi connectivity index (χ0) is 12.3. The van der Waals surface area contributed by atoms with Gasteiger partial charge in [-0.25, -0.2) is 0 Å². The predicted octanol–water partition coefficient (Wildman–Crippen LogP) is 3.78. The van der Waals surface area contributed by atoms with Crippen molar-refractivity contribution in [1.82, 2.24) is 0 Å². The highest BCUT2D eigenvalue weighted by Crippen LogP contribution is 2.39. The Bertz CT molecular complexity index is 388. The van der Waals surface area contributed by atoms with E-state index < -0.39 is 0 Å². The zero-order valence-corrected chi connectivity index (χ0v) is 11.5. The van der Waals surface area contributed by atoms with E-state index in [2.05, 4.69) is 38.1 Å². The Balaban J connectivity index is 1.89. The van der Waals surface area contributed by atoms with E-state index in [0.717, 1.165) is 18.6 Å². The molecule has 0 radical (unpaired) electrons. The van der Waals surface area contributed by atoms with Gasteiger partial charge in [-0.3, -0.25) is 4.79 Å². The third-order valence-corrected chi connectivity index (χ3v) is 5.13. The Morgan fingerprint density at radius 1 is 1.35 bits per heavy atom. The first-order chi connectivity index (χ1) is 8.10. The number of rotatable bonds is 4. The topological polar surface area (TPSA) is 17.1 Å². The van der Waals surface area contributed by atoms with Gasteiger partial charge in [0, 0.05) is 6.42 Å². The van der Waals surface area contributed by atoms with Crippen molar-refractivity contribution in [2.75, 3.05) is 5.75 Å². The average Bonchev–Trinajstić information content (AvgIpc) is 2.76. The SMILES string of the molecule is Cc1ccc(CCC(=O)C2(C)CCCS2)cc1. The maximum atomic E-state index is 12.2. The first kappa shape index (κ1) is 12.7. The summed E-state index contributed by atoms with van der Waals surface area (Å²) in [7, 11) is 0. The summed E-state index contributed by atoms with van der Waals surface area (Å²) in [6.45, 7) is 4.20. The summed E-state index contributed by atoms with van der Waals surface area (Å²) >= 11 is 1.84. The van der Waals surface area contributed by atoms with Crippen LogP contribution in [0.4, 0.5) is 0 Å². The van der Waals surface area contributed by atoms with Gasteiger partial charge in [0.1, 0.15) is 5.78 Å². The van der Waals surface area contributed by atoms with Crippen molar-refractivity contribution in [3.05, 3.63) is 35.4 Å². The van der Waals surface area contributed by atoms with Crippen LogP contribution in [0.2, 0.25) is 0 Å². The fourth-order valence-electron chi connectivity index (χ4n) is 2.28. The predicted molar refractivity (Wildman–Crippen MR) is 74.6 cm³/mol. The maximum absolute atomic E-state index is 12.2. The minimum Gasteiger partial charge on any atom is -0.298 e. The van der Waals surface area contributed by atoms with Crippen LogP contribution in [-0.2, 0) is 11.2 Å². The Morgan fingerprint density at radius 3 is 2.65 bits per heavy atom. The van der Waals surface area contributed by atoms with Crippen LogP contribution in [0.1, 0.15) is 37.3 Å². The van der Waals surface area contributed by atoms with Crippen molar-refractivity contribution in [2.45, 2.75) is 44.3 Å². The molecule has 0 N–H and O–H groups in total. The Hall–Kier alpha value is -0.760. The number of hydrogen-bond donors (Lipinski definition) is 0. The molecule has 92 valence electrons. The average molecular weight is 248 g/mol. The molecule has 17 heavy (non-hydrogen) atoms. The van der Waals surface area contributed by atoms with Gasteiger partial charge in [-0.15, -0.1) is 11.8 Å². The van der Waals surface area contributed by atoms with Crippen molar-refractivity contribution in [3.63, 3.8) is 0 Å². The fourth-order valence-corrected chi connectivity index (χ4v) is 3.57. The van der Waals surface area contributed by atoms with Crippen molar-refractivity contribution < 1.29 is 4.79 Å². The molecule has 1 aromatic carbocycles. The largest absolute Gasteiger partial charge is 0.298 e. The van der Waals surface area contributed by atoms with Crippen LogP contribution in [0.5, 0.6) is 0 Å². The van der Waals surface area contributed by atoms with Crippen LogP contribution in [0.15, 0.2) is 24.3 Å². The van der Waals surface area contributed by atoms with Gasteiger partial charge in [-0.1, -0.05) is 29.8 Å². The minimum atomic E-state index is -0.0926. The number of aryl methyl sites for hydroxylation is 2. The van der Waals surface area contributed by atoms with Gasteiger partial charge in [0.25, 0.3) is 0 Å². The van der Waals surface area contributed by atoms with E-state index >= 15 is 0 Å². The lowest BCUT2D eigenvalue weighted by Crippen LogP contribution is -2.28. The summed E-state index contributed by atoms with van der Waals surface area (Å²) in [5.74, 6) is 1.58.